The minimum Gasteiger partial charge on any atom is -0.490 e. The first kappa shape index (κ1) is 37.2. The van der Waals surface area contributed by atoms with Crippen molar-refractivity contribution < 1.29 is 28.5 Å². The second kappa shape index (κ2) is 19.9. The highest BCUT2D eigenvalue weighted by atomic mass is 16.5. The number of hydrogen-bond donors (Lipinski definition) is 0. The van der Waals surface area contributed by atoms with Crippen LogP contribution in [0.5, 0.6) is 23.0 Å². The molecule has 0 saturated heterocycles. The third-order valence-electron chi connectivity index (χ3n) is 8.58. The van der Waals surface area contributed by atoms with Crippen LogP contribution in [0.25, 0.3) is 0 Å². The molecule has 0 radical (unpaired) electrons. The Morgan fingerprint density at radius 2 is 0.630 bits per heavy atom. The molecule has 54 heavy (non-hydrogen) atoms. The van der Waals surface area contributed by atoms with E-state index in [1.165, 1.54) is 0 Å². The summed E-state index contributed by atoms with van der Waals surface area (Å²) in [5.74, 6) is 2.59. The molecule has 0 saturated carbocycles. The predicted molar refractivity (Wildman–Crippen MR) is 210 cm³/mol. The first-order valence-electron chi connectivity index (χ1n) is 18.1. The van der Waals surface area contributed by atoms with E-state index in [-0.39, 0.29) is 11.8 Å². The molecule has 6 aromatic carbocycles. The number of carbonyl (C=O) groups is 2. The molecule has 6 rings (SSSR count). The zero-order valence-electron chi connectivity index (χ0n) is 30.2. The van der Waals surface area contributed by atoms with E-state index in [9.17, 15) is 9.59 Å². The summed E-state index contributed by atoms with van der Waals surface area (Å²) < 4.78 is 23.2. The fourth-order valence-electron chi connectivity index (χ4n) is 5.78. The normalized spacial score (nSPS) is 10.6. The molecule has 0 aliphatic heterocycles. The van der Waals surface area contributed by atoms with Gasteiger partial charge in [-0.2, -0.15) is 0 Å². The topological polar surface area (TPSA) is 77.5 Å². The van der Waals surface area contributed by atoms with E-state index in [1.54, 1.807) is 58.3 Å². The van der Waals surface area contributed by atoms with Crippen LogP contribution in [-0.4, -0.2) is 61.1 Å². The van der Waals surface area contributed by atoms with Crippen LogP contribution in [0.4, 0.5) is 0 Å². The molecular formula is C46H44N2O6. The molecule has 6 aromatic rings. The summed E-state index contributed by atoms with van der Waals surface area (Å²) in [5.41, 5.74) is 3.05. The van der Waals surface area contributed by atoms with Gasteiger partial charge in [0.25, 0.3) is 11.8 Å². The lowest BCUT2D eigenvalue weighted by Gasteiger charge is -2.29. The van der Waals surface area contributed by atoms with Gasteiger partial charge < -0.3 is 28.7 Å². The van der Waals surface area contributed by atoms with Crippen molar-refractivity contribution in [2.75, 3.05) is 39.5 Å². The van der Waals surface area contributed by atoms with Gasteiger partial charge in [0.15, 0.2) is 0 Å². The van der Waals surface area contributed by atoms with Crippen LogP contribution < -0.4 is 18.9 Å². The molecule has 0 heterocycles. The number of amides is 2. The monoisotopic (exact) mass is 720 g/mol. The first-order valence-corrected chi connectivity index (χ1v) is 18.1. The van der Waals surface area contributed by atoms with Crippen molar-refractivity contribution >= 4 is 11.8 Å². The second-order valence-corrected chi connectivity index (χ2v) is 12.5. The average molecular weight is 721 g/mol. The molecule has 0 aliphatic rings. The molecule has 8 nitrogen and oxygen atoms in total. The molecule has 0 fully saturated rings. The van der Waals surface area contributed by atoms with Crippen molar-refractivity contribution in [3.05, 3.63) is 192 Å². The average Bonchev–Trinajstić information content (AvgIpc) is 3.23. The van der Waals surface area contributed by atoms with Gasteiger partial charge in [-0.15, -0.1) is 0 Å². The molecular weight excluding hydrogens is 677 g/mol. The number of para-hydroxylation sites is 2. The summed E-state index contributed by atoms with van der Waals surface area (Å²) in [6.45, 7) is 2.96. The first-order chi connectivity index (χ1) is 26.6. The van der Waals surface area contributed by atoms with Crippen molar-refractivity contribution in [1.29, 1.82) is 0 Å². The fraction of sp³-hybridized carbons (Fsp3) is 0.174. The van der Waals surface area contributed by atoms with Crippen molar-refractivity contribution in [2.45, 2.75) is 13.1 Å². The molecule has 8 heteroatoms. The Hall–Kier alpha value is -6.54. The molecule has 0 bridgehead atoms. The minimum atomic E-state index is -0.136. The van der Waals surface area contributed by atoms with Gasteiger partial charge in [0.1, 0.15) is 49.4 Å². The van der Waals surface area contributed by atoms with E-state index < -0.39 is 0 Å². The quantitative estimate of drug-likeness (QED) is 0.0781. The largest absolute Gasteiger partial charge is 0.490 e. The molecule has 0 unspecified atom stereocenters. The van der Waals surface area contributed by atoms with Crippen LogP contribution >= 0.6 is 0 Å². The van der Waals surface area contributed by atoms with E-state index in [0.717, 1.165) is 22.6 Å². The SMILES string of the molecule is O=C(c1ccc(OCCOc2ccccc2)cc1)N(CCN(Cc1ccccc1)C(=O)c1ccc(OCCOc2ccccc2)cc1)Cc1ccccc1. The Morgan fingerprint density at radius 3 is 0.944 bits per heavy atom. The Kier molecular flexibility index (Phi) is 13.7. The molecule has 0 aliphatic carbocycles. The number of benzene rings is 6. The van der Waals surface area contributed by atoms with Crippen molar-refractivity contribution in [2.24, 2.45) is 0 Å². The lowest BCUT2D eigenvalue weighted by Crippen LogP contribution is -2.40. The van der Waals surface area contributed by atoms with E-state index in [4.69, 9.17) is 18.9 Å². The van der Waals surface area contributed by atoms with Crippen LogP contribution in [0.2, 0.25) is 0 Å². The third kappa shape index (κ3) is 11.5. The molecule has 0 atom stereocenters. The summed E-state index contributed by atoms with van der Waals surface area (Å²) in [7, 11) is 0. The maximum atomic E-state index is 14.1. The lowest BCUT2D eigenvalue weighted by atomic mass is 10.1. The number of rotatable bonds is 19. The van der Waals surface area contributed by atoms with Gasteiger partial charge in [-0.1, -0.05) is 97.1 Å². The van der Waals surface area contributed by atoms with Crippen molar-refractivity contribution in [1.82, 2.24) is 9.80 Å². The number of nitrogens with zero attached hydrogens (tertiary/aromatic N) is 2. The van der Waals surface area contributed by atoms with Crippen LogP contribution in [0, 0.1) is 0 Å². The van der Waals surface area contributed by atoms with Crippen LogP contribution in [0.3, 0.4) is 0 Å². The Labute approximate surface area is 317 Å². The zero-order chi connectivity index (χ0) is 37.2. The summed E-state index contributed by atoms with van der Waals surface area (Å²) in [6, 6.07) is 53.2. The maximum absolute atomic E-state index is 14.1. The standard InChI is InChI=1S/C46H44N2O6/c49-45(39-21-25-43(26-22-39)53-33-31-51-41-17-9-3-10-18-41)47(35-37-13-5-1-6-14-37)29-30-48(36-38-15-7-2-8-16-38)46(50)40-23-27-44(28-24-40)54-34-32-52-42-19-11-4-12-20-42/h1-28H,29-36H2. The Morgan fingerprint density at radius 1 is 0.352 bits per heavy atom. The molecule has 0 N–H and O–H groups in total. The van der Waals surface area contributed by atoms with Gasteiger partial charge in [-0.3, -0.25) is 9.59 Å². The maximum Gasteiger partial charge on any atom is 0.254 e. The number of carbonyl (C=O) groups excluding carboxylic acids is 2. The molecule has 0 aromatic heterocycles. The van der Waals surface area contributed by atoms with E-state index in [1.807, 2.05) is 121 Å². The number of ether oxygens (including phenoxy) is 4. The molecule has 274 valence electrons. The van der Waals surface area contributed by atoms with Gasteiger partial charge in [0.2, 0.25) is 0 Å². The number of hydrogen-bond acceptors (Lipinski definition) is 6. The summed E-state index contributed by atoms with van der Waals surface area (Å²) in [4.78, 5) is 31.7. The van der Waals surface area contributed by atoms with Crippen LogP contribution in [-0.2, 0) is 13.1 Å². The predicted octanol–water partition coefficient (Wildman–Crippen LogP) is 8.59. The highest BCUT2D eigenvalue weighted by Gasteiger charge is 2.21. The van der Waals surface area contributed by atoms with Crippen molar-refractivity contribution in [3.63, 3.8) is 0 Å². The lowest BCUT2D eigenvalue weighted by molar-refractivity contribution is 0.0644. The fourth-order valence-corrected chi connectivity index (χ4v) is 5.78. The van der Waals surface area contributed by atoms with E-state index in [2.05, 4.69) is 0 Å². The minimum absolute atomic E-state index is 0.136. The Balaban J connectivity index is 1.10. The van der Waals surface area contributed by atoms with Gasteiger partial charge in [-0.25, -0.2) is 0 Å². The van der Waals surface area contributed by atoms with Gasteiger partial charge in [0.05, 0.1) is 0 Å². The smallest absolute Gasteiger partial charge is 0.254 e. The zero-order valence-corrected chi connectivity index (χ0v) is 30.2. The van der Waals surface area contributed by atoms with E-state index in [0.29, 0.717) is 75.2 Å². The molecule has 2 amide bonds. The Bertz CT molecular complexity index is 1840. The van der Waals surface area contributed by atoms with Crippen molar-refractivity contribution in [3.8, 4) is 23.0 Å². The third-order valence-corrected chi connectivity index (χ3v) is 8.58. The second-order valence-electron chi connectivity index (χ2n) is 12.5. The van der Waals surface area contributed by atoms with Gasteiger partial charge in [0, 0.05) is 37.3 Å². The summed E-state index contributed by atoms with van der Waals surface area (Å²) in [6.07, 6.45) is 0. The van der Waals surface area contributed by atoms with Gasteiger partial charge in [-0.05, 0) is 83.9 Å². The molecule has 0 spiro atoms. The summed E-state index contributed by atoms with van der Waals surface area (Å²) in [5, 5.41) is 0. The van der Waals surface area contributed by atoms with E-state index >= 15 is 0 Å². The highest BCUT2D eigenvalue weighted by molar-refractivity contribution is 5.95. The van der Waals surface area contributed by atoms with Crippen LogP contribution in [0.15, 0.2) is 170 Å². The highest BCUT2D eigenvalue weighted by Crippen LogP contribution is 2.19. The van der Waals surface area contributed by atoms with Gasteiger partial charge >= 0.3 is 0 Å². The summed E-state index contributed by atoms with van der Waals surface area (Å²) >= 11 is 0. The van der Waals surface area contributed by atoms with Crippen LogP contribution in [0.1, 0.15) is 31.8 Å².